The summed E-state index contributed by atoms with van der Waals surface area (Å²) in [6, 6.07) is 3.07. The van der Waals surface area contributed by atoms with Gasteiger partial charge < -0.3 is 14.3 Å². The molecule has 0 aliphatic heterocycles. The Bertz CT molecular complexity index is 598. The first-order valence-electron chi connectivity index (χ1n) is 8.16. The zero-order valence-corrected chi connectivity index (χ0v) is 16.3. The van der Waals surface area contributed by atoms with Crippen LogP contribution in [-0.2, 0) is 11.3 Å². The zero-order valence-electron chi connectivity index (χ0n) is 14.8. The molecule has 1 aromatic carbocycles. The summed E-state index contributed by atoms with van der Waals surface area (Å²) in [5.41, 5.74) is 1.61. The van der Waals surface area contributed by atoms with Crippen molar-refractivity contribution in [1.82, 2.24) is 0 Å². The van der Waals surface area contributed by atoms with Gasteiger partial charge in [0.25, 0.3) is 0 Å². The van der Waals surface area contributed by atoms with E-state index in [-0.39, 0.29) is 16.8 Å². The Morgan fingerprint density at radius 3 is 2.60 bits per heavy atom. The quantitative estimate of drug-likeness (QED) is 0.277. The van der Waals surface area contributed by atoms with Gasteiger partial charge in [0.05, 0.1) is 12.3 Å². The molecule has 0 saturated carbocycles. The van der Waals surface area contributed by atoms with Crippen LogP contribution in [0.4, 0.5) is 4.39 Å². The maximum atomic E-state index is 14.4. The SMILES string of the molecule is CCCc1cc(OCC=C(Cl)Cl)cc(F)c1OCCCON=C(C)C. The molecule has 0 heterocycles. The highest BCUT2D eigenvalue weighted by Gasteiger charge is 2.13. The van der Waals surface area contributed by atoms with E-state index in [2.05, 4.69) is 5.16 Å². The number of ether oxygens (including phenoxy) is 2. The molecule has 0 spiro atoms. The van der Waals surface area contributed by atoms with E-state index in [4.69, 9.17) is 37.5 Å². The summed E-state index contributed by atoms with van der Waals surface area (Å²) in [6.45, 7) is 6.65. The minimum absolute atomic E-state index is 0.110. The molecule has 1 aromatic rings. The predicted octanol–water partition coefficient (Wildman–Crippen LogP) is 5.66. The van der Waals surface area contributed by atoms with Gasteiger partial charge in [-0.25, -0.2) is 4.39 Å². The number of benzene rings is 1. The monoisotopic (exact) mass is 391 g/mol. The van der Waals surface area contributed by atoms with Crippen LogP contribution in [0.1, 0.15) is 39.2 Å². The molecule has 0 aromatic heterocycles. The second-order valence-electron chi connectivity index (χ2n) is 5.52. The zero-order chi connectivity index (χ0) is 18.7. The molecule has 7 heteroatoms. The van der Waals surface area contributed by atoms with Gasteiger partial charge in [-0.1, -0.05) is 41.7 Å². The van der Waals surface area contributed by atoms with E-state index in [1.54, 1.807) is 6.07 Å². The van der Waals surface area contributed by atoms with Crippen LogP contribution in [0, 0.1) is 5.82 Å². The highest BCUT2D eigenvalue weighted by molar-refractivity contribution is 6.55. The molecule has 0 unspecified atom stereocenters. The van der Waals surface area contributed by atoms with Crippen LogP contribution in [0.3, 0.4) is 0 Å². The Morgan fingerprint density at radius 1 is 1.20 bits per heavy atom. The second-order valence-corrected chi connectivity index (χ2v) is 6.53. The summed E-state index contributed by atoms with van der Waals surface area (Å²) < 4.78 is 25.5. The van der Waals surface area contributed by atoms with E-state index in [9.17, 15) is 4.39 Å². The van der Waals surface area contributed by atoms with Gasteiger partial charge >= 0.3 is 0 Å². The molecular weight excluding hydrogens is 368 g/mol. The van der Waals surface area contributed by atoms with Crippen molar-refractivity contribution in [3.63, 3.8) is 0 Å². The summed E-state index contributed by atoms with van der Waals surface area (Å²) >= 11 is 11.1. The smallest absolute Gasteiger partial charge is 0.169 e. The molecule has 0 aliphatic carbocycles. The van der Waals surface area contributed by atoms with Crippen molar-refractivity contribution in [2.24, 2.45) is 5.16 Å². The first kappa shape index (κ1) is 21.6. The van der Waals surface area contributed by atoms with Crippen LogP contribution in [0.2, 0.25) is 0 Å². The van der Waals surface area contributed by atoms with Gasteiger partial charge in [0.1, 0.15) is 23.5 Å². The van der Waals surface area contributed by atoms with Gasteiger partial charge in [-0.2, -0.15) is 0 Å². The number of hydrogen-bond acceptors (Lipinski definition) is 4. The van der Waals surface area contributed by atoms with Crippen molar-refractivity contribution in [1.29, 1.82) is 0 Å². The first-order valence-corrected chi connectivity index (χ1v) is 8.92. The molecule has 0 atom stereocenters. The largest absolute Gasteiger partial charge is 0.490 e. The summed E-state index contributed by atoms with van der Waals surface area (Å²) in [6.07, 6.45) is 3.65. The minimum atomic E-state index is -0.453. The molecule has 25 heavy (non-hydrogen) atoms. The van der Waals surface area contributed by atoms with E-state index in [0.29, 0.717) is 31.8 Å². The predicted molar refractivity (Wildman–Crippen MR) is 101 cm³/mol. The highest BCUT2D eigenvalue weighted by Crippen LogP contribution is 2.30. The molecule has 0 radical (unpaired) electrons. The number of halogens is 3. The molecule has 140 valence electrons. The number of hydrogen-bond donors (Lipinski definition) is 0. The van der Waals surface area contributed by atoms with E-state index in [1.807, 2.05) is 20.8 Å². The average molecular weight is 392 g/mol. The summed E-state index contributed by atoms with van der Waals surface area (Å²) in [5, 5.41) is 3.83. The summed E-state index contributed by atoms with van der Waals surface area (Å²) in [4.78, 5) is 5.09. The summed E-state index contributed by atoms with van der Waals surface area (Å²) in [7, 11) is 0. The molecule has 4 nitrogen and oxygen atoms in total. The standard InChI is InChI=1S/C18H24Cl2FNO3/c1-4-6-14-11-15(23-10-7-17(19)20)12-16(21)18(14)24-8-5-9-25-22-13(2)3/h7,11-12H,4-6,8-10H2,1-3H3. The molecule has 0 saturated heterocycles. The lowest BCUT2D eigenvalue weighted by Crippen LogP contribution is -2.06. The first-order chi connectivity index (χ1) is 11.9. The Morgan fingerprint density at radius 2 is 1.96 bits per heavy atom. The molecule has 0 fully saturated rings. The van der Waals surface area contributed by atoms with Crippen molar-refractivity contribution in [3.8, 4) is 11.5 Å². The molecule has 0 aliphatic rings. The Labute approximate surface area is 158 Å². The fourth-order valence-electron chi connectivity index (χ4n) is 2.00. The molecule has 0 N–H and O–H groups in total. The fourth-order valence-corrected chi connectivity index (χ4v) is 2.12. The molecule has 1 rings (SSSR count). The third-order valence-corrected chi connectivity index (χ3v) is 3.28. The van der Waals surface area contributed by atoms with Gasteiger partial charge in [-0.3, -0.25) is 0 Å². The Balaban J connectivity index is 2.67. The van der Waals surface area contributed by atoms with Crippen molar-refractivity contribution in [2.75, 3.05) is 19.8 Å². The van der Waals surface area contributed by atoms with Crippen molar-refractivity contribution < 1.29 is 18.7 Å². The van der Waals surface area contributed by atoms with Crippen LogP contribution in [0.15, 0.2) is 27.9 Å². The maximum absolute atomic E-state index is 14.4. The van der Waals surface area contributed by atoms with Gasteiger partial charge in [0.2, 0.25) is 0 Å². The number of nitrogens with zero attached hydrogens (tertiary/aromatic N) is 1. The van der Waals surface area contributed by atoms with Crippen LogP contribution in [-0.4, -0.2) is 25.5 Å². The van der Waals surface area contributed by atoms with Gasteiger partial charge in [0, 0.05) is 18.1 Å². The van der Waals surface area contributed by atoms with Gasteiger partial charge in [0.15, 0.2) is 11.6 Å². The van der Waals surface area contributed by atoms with E-state index in [0.717, 1.165) is 17.7 Å². The van der Waals surface area contributed by atoms with Crippen LogP contribution < -0.4 is 9.47 Å². The maximum Gasteiger partial charge on any atom is 0.169 e. The van der Waals surface area contributed by atoms with Crippen molar-refractivity contribution >= 4 is 28.9 Å². The minimum Gasteiger partial charge on any atom is -0.490 e. The molecule has 0 amide bonds. The Kier molecular flexibility index (Phi) is 10.3. The Hall–Kier alpha value is -1.46. The number of aryl methyl sites for hydroxylation is 1. The summed E-state index contributed by atoms with van der Waals surface area (Å²) in [5.74, 6) is 0.218. The number of oxime groups is 1. The average Bonchev–Trinajstić information content (AvgIpc) is 2.52. The lowest BCUT2D eigenvalue weighted by molar-refractivity contribution is 0.126. The highest BCUT2D eigenvalue weighted by atomic mass is 35.5. The van der Waals surface area contributed by atoms with Crippen LogP contribution in [0.5, 0.6) is 11.5 Å². The third kappa shape index (κ3) is 8.98. The third-order valence-electron chi connectivity index (χ3n) is 2.97. The van der Waals surface area contributed by atoms with Crippen molar-refractivity contribution in [3.05, 3.63) is 34.1 Å². The molecule has 0 bridgehead atoms. The van der Waals surface area contributed by atoms with Crippen LogP contribution >= 0.6 is 23.2 Å². The fraction of sp³-hybridized carbons (Fsp3) is 0.500. The number of rotatable bonds is 11. The lowest BCUT2D eigenvalue weighted by atomic mass is 10.1. The normalized spacial score (nSPS) is 10.2. The van der Waals surface area contributed by atoms with E-state index < -0.39 is 5.82 Å². The van der Waals surface area contributed by atoms with E-state index in [1.165, 1.54) is 12.1 Å². The molecular formula is C18H24Cl2FNO3. The van der Waals surface area contributed by atoms with E-state index >= 15 is 0 Å². The van der Waals surface area contributed by atoms with Gasteiger partial charge in [-0.15, -0.1) is 0 Å². The van der Waals surface area contributed by atoms with Crippen molar-refractivity contribution in [2.45, 2.75) is 40.0 Å². The lowest BCUT2D eigenvalue weighted by Gasteiger charge is -2.14. The van der Waals surface area contributed by atoms with Crippen LogP contribution in [0.25, 0.3) is 0 Å². The topological polar surface area (TPSA) is 40.0 Å². The second kappa shape index (κ2) is 12.0. The van der Waals surface area contributed by atoms with Gasteiger partial charge in [-0.05, 0) is 32.4 Å².